The molecule has 0 N–H and O–H groups in total. The summed E-state index contributed by atoms with van der Waals surface area (Å²) in [6, 6.07) is 21.4. The van der Waals surface area contributed by atoms with Crippen molar-refractivity contribution in [2.45, 2.75) is 18.0 Å². The zero-order chi connectivity index (χ0) is 24.6. The predicted octanol–water partition coefficient (Wildman–Crippen LogP) is 4.42. The summed E-state index contributed by atoms with van der Waals surface area (Å²) in [5, 5.41) is 0.398. The van der Waals surface area contributed by atoms with Gasteiger partial charge in [0.05, 0.1) is 24.5 Å². The van der Waals surface area contributed by atoms with Crippen molar-refractivity contribution in [3.8, 4) is 0 Å². The fourth-order valence-corrected chi connectivity index (χ4v) is 6.52. The van der Waals surface area contributed by atoms with Gasteiger partial charge < -0.3 is 9.80 Å². The molecular weight excluding hydrogens is 484 g/mol. The minimum Gasteiger partial charge on any atom is -0.368 e. The number of carbonyl (C=O) groups is 1. The Balaban J connectivity index is 1.66. The van der Waals surface area contributed by atoms with Crippen LogP contribution >= 0.6 is 11.6 Å². The van der Waals surface area contributed by atoms with E-state index in [0.717, 1.165) is 28.5 Å². The van der Waals surface area contributed by atoms with E-state index in [1.165, 1.54) is 4.90 Å². The Hall–Kier alpha value is -3.07. The highest BCUT2D eigenvalue weighted by Crippen LogP contribution is 2.44. The summed E-state index contributed by atoms with van der Waals surface area (Å²) < 4.78 is 29.1. The number of carbonyl (C=O) groups excluding carboxylic acids is 1. The third kappa shape index (κ3) is 4.61. The molecule has 1 saturated heterocycles. The molecular formula is C26H27ClN4O3S. The summed E-state index contributed by atoms with van der Waals surface area (Å²) in [6.07, 6.45) is 0. The number of amides is 2. The van der Waals surface area contributed by atoms with Gasteiger partial charge in [-0.15, -0.1) is 0 Å². The summed E-state index contributed by atoms with van der Waals surface area (Å²) >= 11 is 6.52. The van der Waals surface area contributed by atoms with Crippen LogP contribution in [0.3, 0.4) is 0 Å². The summed E-state index contributed by atoms with van der Waals surface area (Å²) in [5.41, 5.74) is 2.50. The van der Waals surface area contributed by atoms with Crippen molar-refractivity contribution in [3.05, 3.63) is 88.9 Å². The smallest absolute Gasteiger partial charge is 0.339 e. The zero-order valence-electron chi connectivity index (χ0n) is 19.5. The number of hydrogen-bond acceptors (Lipinski definition) is 5. The van der Waals surface area contributed by atoms with Crippen molar-refractivity contribution in [2.24, 2.45) is 0 Å². The number of halogens is 1. The van der Waals surface area contributed by atoms with E-state index < -0.39 is 16.1 Å². The van der Waals surface area contributed by atoms with Crippen LogP contribution in [0, 0.1) is 0 Å². The molecule has 5 rings (SSSR count). The Bertz CT molecular complexity index is 1330. The van der Waals surface area contributed by atoms with Gasteiger partial charge in [-0.2, -0.15) is 0 Å². The molecule has 0 aromatic heterocycles. The molecule has 35 heavy (non-hydrogen) atoms. The van der Waals surface area contributed by atoms with E-state index in [1.54, 1.807) is 12.1 Å². The normalized spacial score (nSPS) is 18.0. The topological polar surface area (TPSA) is 64.2 Å². The van der Waals surface area contributed by atoms with E-state index in [-0.39, 0.29) is 18.0 Å². The van der Waals surface area contributed by atoms with E-state index in [2.05, 4.69) is 9.80 Å². The Labute approximate surface area is 211 Å². The molecule has 2 aliphatic rings. The van der Waals surface area contributed by atoms with Crippen LogP contribution < -0.4 is 9.80 Å². The molecule has 7 nitrogen and oxygen atoms in total. The molecule has 0 bridgehead atoms. The molecule has 0 aliphatic carbocycles. The van der Waals surface area contributed by atoms with Crippen LogP contribution in [0.2, 0.25) is 5.02 Å². The third-order valence-electron chi connectivity index (χ3n) is 6.49. The molecule has 0 atom stereocenters. The maximum Gasteiger partial charge on any atom is 0.339 e. The second kappa shape index (κ2) is 9.53. The van der Waals surface area contributed by atoms with Crippen molar-refractivity contribution < 1.29 is 13.2 Å². The van der Waals surface area contributed by atoms with Gasteiger partial charge in [-0.05, 0) is 30.3 Å². The third-order valence-corrected chi connectivity index (χ3v) is 8.51. The maximum absolute atomic E-state index is 14.1. The van der Waals surface area contributed by atoms with Gasteiger partial charge in [0.15, 0.2) is 0 Å². The van der Waals surface area contributed by atoms with Gasteiger partial charge in [0.25, 0.3) is 10.0 Å². The number of hydrogen-bond donors (Lipinski definition) is 0. The number of sulfonamides is 1. The van der Waals surface area contributed by atoms with Crippen molar-refractivity contribution in [1.29, 1.82) is 0 Å². The van der Waals surface area contributed by atoms with Gasteiger partial charge in [0, 0.05) is 31.2 Å². The van der Waals surface area contributed by atoms with Crippen LogP contribution in [-0.4, -0.2) is 56.9 Å². The lowest BCUT2D eigenvalue weighted by Gasteiger charge is -2.40. The first-order valence-electron chi connectivity index (χ1n) is 11.5. The number of likely N-dealkylation sites (N-methyl/N-ethyl adjacent to an activating group) is 1. The van der Waals surface area contributed by atoms with Crippen molar-refractivity contribution >= 4 is 39.0 Å². The van der Waals surface area contributed by atoms with Crippen molar-refractivity contribution in [3.63, 3.8) is 0 Å². The lowest BCUT2D eigenvalue weighted by molar-refractivity contribution is 0.226. The highest BCUT2D eigenvalue weighted by atomic mass is 35.5. The molecule has 3 aromatic carbocycles. The summed E-state index contributed by atoms with van der Waals surface area (Å²) in [6.45, 7) is 3.14. The quantitative estimate of drug-likeness (QED) is 0.508. The number of piperazine rings is 1. The minimum absolute atomic E-state index is 0.0441. The van der Waals surface area contributed by atoms with E-state index in [0.29, 0.717) is 29.5 Å². The first-order valence-corrected chi connectivity index (χ1v) is 13.4. The Morgan fingerprint density at radius 3 is 1.94 bits per heavy atom. The number of anilines is 2. The van der Waals surface area contributed by atoms with E-state index in [4.69, 9.17) is 11.6 Å². The van der Waals surface area contributed by atoms with E-state index >= 15 is 0 Å². The molecule has 2 heterocycles. The number of benzene rings is 3. The van der Waals surface area contributed by atoms with Gasteiger partial charge in [-0.25, -0.2) is 17.5 Å². The van der Waals surface area contributed by atoms with Crippen LogP contribution in [0.5, 0.6) is 0 Å². The molecule has 3 aromatic rings. The van der Waals surface area contributed by atoms with Crippen LogP contribution in [0.4, 0.5) is 16.2 Å². The average Bonchev–Trinajstić information content (AvgIpc) is 2.86. The molecule has 182 valence electrons. The summed E-state index contributed by atoms with van der Waals surface area (Å²) in [4.78, 5) is 19.7. The average molecular weight is 511 g/mol. The van der Waals surface area contributed by atoms with E-state index in [1.807, 2.05) is 67.7 Å². The minimum atomic E-state index is -4.14. The Kier molecular flexibility index (Phi) is 6.44. The van der Waals surface area contributed by atoms with E-state index in [9.17, 15) is 13.2 Å². The second-order valence-corrected chi connectivity index (χ2v) is 11.2. The van der Waals surface area contributed by atoms with Crippen molar-refractivity contribution in [2.75, 3.05) is 43.0 Å². The number of urea groups is 1. The maximum atomic E-state index is 14.1. The summed E-state index contributed by atoms with van der Waals surface area (Å²) in [5.74, 6) is 0. The summed E-state index contributed by atoms with van der Waals surface area (Å²) in [7, 11) is -2.09. The predicted molar refractivity (Wildman–Crippen MR) is 138 cm³/mol. The molecule has 0 unspecified atom stereocenters. The Morgan fingerprint density at radius 2 is 1.34 bits per heavy atom. The molecule has 0 spiro atoms. The fourth-order valence-electron chi connectivity index (χ4n) is 4.58. The van der Waals surface area contributed by atoms with Crippen LogP contribution in [0.15, 0.2) is 77.7 Å². The lowest BCUT2D eigenvalue weighted by atomic mass is 10.1. The molecule has 1 fully saturated rings. The van der Waals surface area contributed by atoms with Crippen LogP contribution in [-0.2, 0) is 23.1 Å². The van der Waals surface area contributed by atoms with Gasteiger partial charge in [0.1, 0.15) is 4.90 Å². The van der Waals surface area contributed by atoms with Gasteiger partial charge in [0.2, 0.25) is 0 Å². The number of fused-ring (bicyclic) bond motifs is 1. The Morgan fingerprint density at radius 1 is 0.800 bits per heavy atom. The van der Waals surface area contributed by atoms with Gasteiger partial charge >= 0.3 is 6.03 Å². The highest BCUT2D eigenvalue weighted by molar-refractivity contribution is 7.90. The molecule has 2 aliphatic heterocycles. The molecule has 2 amide bonds. The second-order valence-electron chi connectivity index (χ2n) is 8.92. The first-order chi connectivity index (χ1) is 16.8. The number of rotatable bonds is 5. The zero-order valence-corrected chi connectivity index (χ0v) is 21.0. The number of nitrogens with zero attached hydrogens (tertiary/aromatic N) is 4. The molecule has 9 heteroatoms. The highest BCUT2D eigenvalue weighted by Gasteiger charge is 2.44. The van der Waals surface area contributed by atoms with Crippen molar-refractivity contribution in [1.82, 2.24) is 9.21 Å². The largest absolute Gasteiger partial charge is 0.368 e. The molecule has 0 saturated carbocycles. The van der Waals surface area contributed by atoms with Gasteiger partial charge in [-0.3, -0.25) is 4.90 Å². The van der Waals surface area contributed by atoms with Gasteiger partial charge in [-0.1, -0.05) is 72.3 Å². The van der Waals surface area contributed by atoms with Crippen LogP contribution in [0.1, 0.15) is 11.1 Å². The standard InChI is InChI=1S/C26H27ClN4O3S/c1-28-12-14-29(15-13-28)23-16-22(27)17-24-25(23)35(33,34)31(19-21-10-6-3-7-11-21)26(32)30(24)18-20-8-4-2-5-9-20/h2-11,16-17H,12-15,18-19H2,1H3. The lowest BCUT2D eigenvalue weighted by Crippen LogP contribution is -2.51. The fraction of sp³-hybridized carbons (Fsp3) is 0.269. The van der Waals surface area contributed by atoms with Crippen LogP contribution in [0.25, 0.3) is 0 Å². The molecule has 0 radical (unpaired) electrons. The monoisotopic (exact) mass is 510 g/mol. The first kappa shape index (κ1) is 23.7. The SMILES string of the molecule is CN1CCN(c2cc(Cl)cc3c2S(=O)(=O)N(Cc2ccccc2)C(=O)N3Cc2ccccc2)CC1.